The highest BCUT2D eigenvalue weighted by Gasteiger charge is 2.23. The fourth-order valence-corrected chi connectivity index (χ4v) is 3.55. The molecule has 3 rings (SSSR count). The Kier molecular flexibility index (Phi) is 7.14. The zero-order chi connectivity index (χ0) is 21.5. The molecular weight excluding hydrogens is 378 g/mol. The summed E-state index contributed by atoms with van der Waals surface area (Å²) in [6.07, 6.45) is 0.808. The van der Waals surface area contributed by atoms with Crippen molar-refractivity contribution in [3.05, 3.63) is 65.9 Å². The molecule has 0 spiro atoms. The van der Waals surface area contributed by atoms with Crippen molar-refractivity contribution in [3.8, 4) is 11.1 Å². The van der Waals surface area contributed by atoms with Gasteiger partial charge in [-0.25, -0.2) is 4.79 Å². The van der Waals surface area contributed by atoms with E-state index >= 15 is 0 Å². The van der Waals surface area contributed by atoms with Gasteiger partial charge in [0.1, 0.15) is 0 Å². The van der Waals surface area contributed by atoms with Gasteiger partial charge in [0, 0.05) is 31.0 Å². The molecule has 0 aliphatic rings. The van der Waals surface area contributed by atoms with Gasteiger partial charge in [0.15, 0.2) is 0 Å². The molecule has 0 unspecified atom stereocenters. The molecular formula is C24H27N3O3. The zero-order valence-electron chi connectivity index (χ0n) is 17.6. The number of ether oxygens (including phenoxy) is 1. The number of para-hydroxylation sites is 1. The molecule has 30 heavy (non-hydrogen) atoms. The summed E-state index contributed by atoms with van der Waals surface area (Å²) in [6.45, 7) is 3.38. The number of hydrogen-bond acceptors (Lipinski definition) is 5. The van der Waals surface area contributed by atoms with Crippen LogP contribution in [0.15, 0.2) is 54.6 Å². The number of carbonyl (C=O) groups excluding carboxylic acids is 2. The van der Waals surface area contributed by atoms with Gasteiger partial charge in [0.25, 0.3) is 0 Å². The van der Waals surface area contributed by atoms with Crippen LogP contribution in [0, 0.1) is 0 Å². The van der Waals surface area contributed by atoms with Crippen molar-refractivity contribution in [1.29, 1.82) is 0 Å². The molecule has 156 valence electrons. The number of esters is 1. The number of methoxy groups -OCH3 is 1. The molecule has 0 aliphatic heterocycles. The fourth-order valence-electron chi connectivity index (χ4n) is 3.55. The van der Waals surface area contributed by atoms with E-state index in [-0.39, 0.29) is 5.91 Å². The van der Waals surface area contributed by atoms with Crippen molar-refractivity contribution in [3.63, 3.8) is 0 Å². The molecule has 1 N–H and O–H groups in total. The molecule has 0 aliphatic carbocycles. The number of pyridine rings is 1. The van der Waals surface area contributed by atoms with Crippen molar-refractivity contribution in [2.45, 2.75) is 19.9 Å². The van der Waals surface area contributed by atoms with E-state index in [1.165, 1.54) is 14.0 Å². The highest BCUT2D eigenvalue weighted by molar-refractivity contribution is 6.07. The standard InChI is InChI=1S/C24H27N3O3/c1-17(28)25-14-9-15-27(2)16-21-23(24(29)30-3)22(18-10-5-4-6-11-18)19-12-7-8-13-20(19)26-21/h4-8,10-13H,9,14-16H2,1-3H3,(H,25,28). The highest BCUT2D eigenvalue weighted by Crippen LogP contribution is 2.34. The van der Waals surface area contributed by atoms with Crippen LogP contribution in [0.3, 0.4) is 0 Å². The number of benzene rings is 2. The van der Waals surface area contributed by atoms with E-state index in [1.54, 1.807) is 0 Å². The van der Waals surface area contributed by atoms with E-state index in [0.29, 0.717) is 24.3 Å². The largest absolute Gasteiger partial charge is 0.465 e. The maximum atomic E-state index is 12.9. The molecule has 1 aromatic heterocycles. The molecule has 3 aromatic rings. The van der Waals surface area contributed by atoms with Crippen molar-refractivity contribution in [2.75, 3.05) is 27.2 Å². The predicted molar refractivity (Wildman–Crippen MR) is 118 cm³/mol. The van der Waals surface area contributed by atoms with E-state index < -0.39 is 5.97 Å². The summed E-state index contributed by atoms with van der Waals surface area (Å²) < 4.78 is 5.15. The molecule has 6 nitrogen and oxygen atoms in total. The van der Waals surface area contributed by atoms with Gasteiger partial charge in [-0.1, -0.05) is 48.5 Å². The summed E-state index contributed by atoms with van der Waals surface area (Å²) in [5.74, 6) is -0.428. The topological polar surface area (TPSA) is 71.5 Å². The first-order valence-corrected chi connectivity index (χ1v) is 9.99. The molecule has 0 bridgehead atoms. The van der Waals surface area contributed by atoms with Crippen molar-refractivity contribution in [2.24, 2.45) is 0 Å². The number of nitrogens with zero attached hydrogens (tertiary/aromatic N) is 2. The minimum atomic E-state index is -0.395. The molecule has 1 heterocycles. The Hall–Kier alpha value is -3.25. The molecule has 6 heteroatoms. The number of aromatic nitrogens is 1. The Morgan fingerprint density at radius 3 is 2.47 bits per heavy atom. The third-order valence-corrected chi connectivity index (χ3v) is 4.93. The molecule has 2 aromatic carbocycles. The SMILES string of the molecule is COC(=O)c1c(CN(C)CCCNC(C)=O)nc2ccccc2c1-c1ccccc1. The number of hydrogen-bond donors (Lipinski definition) is 1. The monoisotopic (exact) mass is 405 g/mol. The first-order chi connectivity index (χ1) is 14.5. The van der Waals surface area contributed by atoms with Crippen LogP contribution >= 0.6 is 0 Å². The maximum Gasteiger partial charge on any atom is 0.340 e. The molecule has 0 atom stereocenters. The maximum absolute atomic E-state index is 12.9. The normalized spacial score (nSPS) is 10.9. The number of nitrogens with one attached hydrogen (secondary N) is 1. The van der Waals surface area contributed by atoms with E-state index in [2.05, 4.69) is 10.2 Å². The van der Waals surface area contributed by atoms with Crippen molar-refractivity contribution in [1.82, 2.24) is 15.2 Å². The lowest BCUT2D eigenvalue weighted by atomic mass is 9.94. The third-order valence-electron chi connectivity index (χ3n) is 4.93. The Morgan fingerprint density at radius 1 is 1.07 bits per heavy atom. The van der Waals surface area contributed by atoms with Gasteiger partial charge in [-0.3, -0.25) is 9.78 Å². The van der Waals surface area contributed by atoms with E-state index in [0.717, 1.165) is 35.0 Å². The average molecular weight is 405 g/mol. The van der Waals surface area contributed by atoms with Gasteiger partial charge >= 0.3 is 5.97 Å². The zero-order valence-corrected chi connectivity index (χ0v) is 17.6. The van der Waals surface area contributed by atoms with Crippen LogP contribution in [0.4, 0.5) is 0 Å². The number of carbonyl (C=O) groups is 2. The van der Waals surface area contributed by atoms with Crippen molar-refractivity contribution < 1.29 is 14.3 Å². The minimum absolute atomic E-state index is 0.0330. The Balaban J connectivity index is 2.03. The van der Waals surface area contributed by atoms with Crippen LogP contribution < -0.4 is 5.32 Å². The van der Waals surface area contributed by atoms with Gasteiger partial charge in [-0.05, 0) is 31.6 Å². The van der Waals surface area contributed by atoms with Gasteiger partial charge in [0.05, 0.1) is 23.9 Å². The fraction of sp³-hybridized carbons (Fsp3) is 0.292. The van der Waals surface area contributed by atoms with Crippen LogP contribution in [0.2, 0.25) is 0 Å². The summed E-state index contributed by atoms with van der Waals surface area (Å²) in [7, 11) is 3.38. The first kappa shape index (κ1) is 21.5. The Morgan fingerprint density at radius 2 is 1.77 bits per heavy atom. The van der Waals surface area contributed by atoms with Gasteiger partial charge in [-0.15, -0.1) is 0 Å². The van der Waals surface area contributed by atoms with Crippen LogP contribution in [-0.4, -0.2) is 49.0 Å². The van der Waals surface area contributed by atoms with Crippen LogP contribution in [0.25, 0.3) is 22.0 Å². The van der Waals surface area contributed by atoms with E-state index in [1.807, 2.05) is 61.6 Å². The van der Waals surface area contributed by atoms with Gasteiger partial charge in [0.2, 0.25) is 5.91 Å². The lowest BCUT2D eigenvalue weighted by Crippen LogP contribution is -2.27. The van der Waals surface area contributed by atoms with E-state index in [4.69, 9.17) is 9.72 Å². The predicted octanol–water partition coefficient (Wildman–Crippen LogP) is 3.65. The molecule has 0 fully saturated rings. The number of amides is 1. The van der Waals surface area contributed by atoms with Crippen molar-refractivity contribution >= 4 is 22.8 Å². The summed E-state index contributed by atoms with van der Waals surface area (Å²) in [6, 6.07) is 17.7. The van der Waals surface area contributed by atoms with E-state index in [9.17, 15) is 9.59 Å². The minimum Gasteiger partial charge on any atom is -0.465 e. The number of rotatable bonds is 8. The second kappa shape index (κ2) is 9.98. The summed E-state index contributed by atoms with van der Waals surface area (Å²) in [5, 5.41) is 3.72. The summed E-state index contributed by atoms with van der Waals surface area (Å²) >= 11 is 0. The molecule has 1 amide bonds. The highest BCUT2D eigenvalue weighted by atomic mass is 16.5. The smallest absolute Gasteiger partial charge is 0.340 e. The quantitative estimate of drug-likeness (QED) is 0.458. The van der Waals surface area contributed by atoms with Crippen LogP contribution in [0.5, 0.6) is 0 Å². The first-order valence-electron chi connectivity index (χ1n) is 9.99. The second-order valence-electron chi connectivity index (χ2n) is 7.26. The van der Waals surface area contributed by atoms with Gasteiger partial charge in [-0.2, -0.15) is 0 Å². The van der Waals surface area contributed by atoms with Crippen LogP contribution in [-0.2, 0) is 16.1 Å². The molecule has 0 saturated heterocycles. The number of fused-ring (bicyclic) bond motifs is 1. The second-order valence-corrected chi connectivity index (χ2v) is 7.26. The van der Waals surface area contributed by atoms with Crippen LogP contribution in [0.1, 0.15) is 29.4 Å². The lowest BCUT2D eigenvalue weighted by Gasteiger charge is -2.21. The third kappa shape index (κ3) is 5.02. The van der Waals surface area contributed by atoms with Gasteiger partial charge < -0.3 is 15.0 Å². The average Bonchev–Trinajstić information content (AvgIpc) is 2.75. The summed E-state index contributed by atoms with van der Waals surface area (Å²) in [4.78, 5) is 30.8. The molecule has 0 saturated carbocycles. The summed E-state index contributed by atoms with van der Waals surface area (Å²) in [5.41, 5.74) is 3.81. The molecule has 0 radical (unpaired) electrons. The Labute approximate surface area is 176 Å². The Bertz CT molecular complexity index is 1030. The lowest BCUT2D eigenvalue weighted by molar-refractivity contribution is -0.118.